The van der Waals surface area contributed by atoms with Gasteiger partial charge in [-0.25, -0.2) is 8.42 Å². The molecule has 8 heteroatoms. The monoisotopic (exact) mass is 334 g/mol. The molecule has 1 saturated heterocycles. The summed E-state index contributed by atoms with van der Waals surface area (Å²) < 4.78 is 32.5. The van der Waals surface area contributed by atoms with Crippen LogP contribution >= 0.6 is 11.3 Å². The molecule has 0 spiro atoms. The predicted molar refractivity (Wildman–Crippen MR) is 81.9 cm³/mol. The van der Waals surface area contributed by atoms with Crippen molar-refractivity contribution in [2.24, 2.45) is 5.73 Å². The van der Waals surface area contributed by atoms with Gasteiger partial charge in [0.05, 0.1) is 19.3 Å². The number of ether oxygens (including phenoxy) is 1. The Morgan fingerprint density at radius 3 is 2.71 bits per heavy atom. The number of hydrogen-bond donors (Lipinski definition) is 2. The molecule has 0 radical (unpaired) electrons. The van der Waals surface area contributed by atoms with Gasteiger partial charge in [0.25, 0.3) is 10.0 Å². The van der Waals surface area contributed by atoms with E-state index in [2.05, 4.69) is 0 Å². The zero-order valence-corrected chi connectivity index (χ0v) is 13.5. The van der Waals surface area contributed by atoms with Crippen molar-refractivity contribution >= 4 is 21.4 Å². The van der Waals surface area contributed by atoms with Crippen molar-refractivity contribution in [3.05, 3.63) is 17.0 Å². The Morgan fingerprint density at radius 2 is 2.10 bits per heavy atom. The first-order valence-electron chi connectivity index (χ1n) is 7.09. The minimum atomic E-state index is -3.40. The van der Waals surface area contributed by atoms with Crippen LogP contribution in [0, 0.1) is 0 Å². The Kier molecular flexibility index (Phi) is 6.15. The second kappa shape index (κ2) is 7.66. The predicted octanol–water partition coefficient (Wildman–Crippen LogP) is 0.411. The molecule has 0 bridgehead atoms. The maximum Gasteiger partial charge on any atom is 0.252 e. The van der Waals surface area contributed by atoms with Crippen LogP contribution in [0.15, 0.2) is 16.3 Å². The second-order valence-electron chi connectivity index (χ2n) is 4.96. The van der Waals surface area contributed by atoms with Gasteiger partial charge in [0.15, 0.2) is 0 Å². The van der Waals surface area contributed by atoms with Gasteiger partial charge < -0.3 is 15.6 Å². The SMILES string of the molecule is NCCc1ccc(S(=O)(=O)N2CCC(OCCO)CC2)s1. The fourth-order valence-electron chi connectivity index (χ4n) is 2.36. The number of piperidine rings is 1. The molecule has 21 heavy (non-hydrogen) atoms. The van der Waals surface area contributed by atoms with Crippen LogP contribution in [0.5, 0.6) is 0 Å². The Labute approximate surface area is 129 Å². The van der Waals surface area contributed by atoms with Gasteiger partial charge in [-0.3, -0.25) is 0 Å². The number of nitrogens with zero attached hydrogens (tertiary/aromatic N) is 1. The molecule has 6 nitrogen and oxygen atoms in total. The van der Waals surface area contributed by atoms with Gasteiger partial charge in [-0.1, -0.05) is 0 Å². The van der Waals surface area contributed by atoms with E-state index in [9.17, 15) is 8.42 Å². The third-order valence-corrected chi connectivity index (χ3v) is 6.98. The summed E-state index contributed by atoms with van der Waals surface area (Å²) in [5.41, 5.74) is 5.49. The van der Waals surface area contributed by atoms with Crippen LogP contribution in [-0.4, -0.2) is 56.8 Å². The number of aliphatic hydroxyl groups is 1. The van der Waals surface area contributed by atoms with Crippen LogP contribution < -0.4 is 5.73 Å². The highest BCUT2D eigenvalue weighted by molar-refractivity contribution is 7.91. The van der Waals surface area contributed by atoms with Crippen LogP contribution in [0.2, 0.25) is 0 Å². The molecule has 2 rings (SSSR count). The zero-order chi connectivity index (χ0) is 15.3. The average Bonchev–Trinajstić information content (AvgIpc) is 2.95. The standard InChI is InChI=1S/C13H22N2O4S2/c14-6-3-12-1-2-13(20-12)21(17,18)15-7-4-11(5-8-15)19-10-9-16/h1-2,11,16H,3-10,14H2. The Balaban J connectivity index is 1.97. The van der Waals surface area contributed by atoms with Gasteiger partial charge >= 0.3 is 0 Å². The third-order valence-electron chi connectivity index (χ3n) is 3.47. The van der Waals surface area contributed by atoms with Gasteiger partial charge in [0.2, 0.25) is 0 Å². The van der Waals surface area contributed by atoms with E-state index in [1.54, 1.807) is 6.07 Å². The van der Waals surface area contributed by atoms with Crippen molar-refractivity contribution in [1.82, 2.24) is 4.31 Å². The molecule has 120 valence electrons. The molecule has 1 aromatic rings. The number of aliphatic hydroxyl groups excluding tert-OH is 1. The van der Waals surface area contributed by atoms with Gasteiger partial charge in [-0.15, -0.1) is 11.3 Å². The summed E-state index contributed by atoms with van der Waals surface area (Å²) in [6.07, 6.45) is 2.08. The number of rotatable bonds is 7. The van der Waals surface area contributed by atoms with E-state index in [0.717, 1.165) is 4.88 Å². The lowest BCUT2D eigenvalue weighted by Crippen LogP contribution is -2.40. The highest BCUT2D eigenvalue weighted by atomic mass is 32.2. The third kappa shape index (κ3) is 4.24. The molecule has 1 aliphatic rings. The summed E-state index contributed by atoms with van der Waals surface area (Å²) in [4.78, 5) is 0.997. The van der Waals surface area contributed by atoms with Crippen molar-refractivity contribution < 1.29 is 18.3 Å². The van der Waals surface area contributed by atoms with E-state index >= 15 is 0 Å². The van der Waals surface area contributed by atoms with Crippen molar-refractivity contribution in [1.29, 1.82) is 0 Å². The highest BCUT2D eigenvalue weighted by Gasteiger charge is 2.30. The Hall–Kier alpha value is -0.510. The molecule has 2 heterocycles. The molecular weight excluding hydrogens is 312 g/mol. The summed E-state index contributed by atoms with van der Waals surface area (Å²) >= 11 is 1.30. The molecule has 0 amide bonds. The minimum Gasteiger partial charge on any atom is -0.394 e. The fourth-order valence-corrected chi connectivity index (χ4v) is 5.35. The number of thiophene rings is 1. The number of nitrogens with two attached hydrogens (primary N) is 1. The summed E-state index contributed by atoms with van der Waals surface area (Å²) in [5, 5.41) is 8.73. The fraction of sp³-hybridized carbons (Fsp3) is 0.692. The molecule has 1 aromatic heterocycles. The van der Waals surface area contributed by atoms with Crippen LogP contribution in [0.25, 0.3) is 0 Å². The van der Waals surface area contributed by atoms with Crippen LogP contribution in [0.3, 0.4) is 0 Å². The molecule has 1 aliphatic heterocycles. The lowest BCUT2D eigenvalue weighted by Gasteiger charge is -2.30. The number of hydrogen-bond acceptors (Lipinski definition) is 6. The first-order valence-corrected chi connectivity index (χ1v) is 9.35. The van der Waals surface area contributed by atoms with E-state index in [-0.39, 0.29) is 12.7 Å². The second-order valence-corrected chi connectivity index (χ2v) is 8.29. The molecule has 0 aliphatic carbocycles. The van der Waals surface area contributed by atoms with Gasteiger partial charge in [0.1, 0.15) is 4.21 Å². The minimum absolute atomic E-state index is 0.00235. The summed E-state index contributed by atoms with van der Waals surface area (Å²) in [6, 6.07) is 3.50. The topological polar surface area (TPSA) is 92.9 Å². The van der Waals surface area contributed by atoms with Crippen LogP contribution in [-0.2, 0) is 21.2 Å². The summed E-state index contributed by atoms with van der Waals surface area (Å²) in [5.74, 6) is 0. The van der Waals surface area contributed by atoms with Gasteiger partial charge in [-0.05, 0) is 37.9 Å². The average molecular weight is 334 g/mol. The van der Waals surface area contributed by atoms with E-state index in [0.29, 0.717) is 49.7 Å². The molecule has 0 atom stereocenters. The van der Waals surface area contributed by atoms with E-state index in [1.165, 1.54) is 15.6 Å². The van der Waals surface area contributed by atoms with Crippen molar-refractivity contribution in [3.63, 3.8) is 0 Å². The van der Waals surface area contributed by atoms with Gasteiger partial charge in [-0.2, -0.15) is 4.31 Å². The lowest BCUT2D eigenvalue weighted by molar-refractivity contribution is 0.00320. The normalized spacial score (nSPS) is 18.2. The molecular formula is C13H22N2O4S2. The smallest absolute Gasteiger partial charge is 0.252 e. The van der Waals surface area contributed by atoms with Crippen molar-refractivity contribution in [2.45, 2.75) is 29.6 Å². The molecule has 1 fully saturated rings. The van der Waals surface area contributed by atoms with Crippen molar-refractivity contribution in [3.8, 4) is 0 Å². The summed E-state index contributed by atoms with van der Waals surface area (Å²) in [6.45, 7) is 1.75. The molecule has 0 aromatic carbocycles. The van der Waals surface area contributed by atoms with E-state index < -0.39 is 10.0 Å². The summed E-state index contributed by atoms with van der Waals surface area (Å²) in [7, 11) is -3.40. The Morgan fingerprint density at radius 1 is 1.38 bits per heavy atom. The Bertz CT molecular complexity index is 536. The van der Waals surface area contributed by atoms with E-state index in [1.807, 2.05) is 6.07 Å². The molecule has 0 saturated carbocycles. The molecule has 3 N–H and O–H groups in total. The quantitative estimate of drug-likeness (QED) is 0.753. The first-order chi connectivity index (χ1) is 10.1. The van der Waals surface area contributed by atoms with Crippen LogP contribution in [0.4, 0.5) is 0 Å². The maximum absolute atomic E-state index is 12.5. The molecule has 0 unspecified atom stereocenters. The van der Waals surface area contributed by atoms with Crippen molar-refractivity contribution in [2.75, 3.05) is 32.8 Å². The van der Waals surface area contributed by atoms with E-state index in [4.69, 9.17) is 15.6 Å². The first kappa shape index (κ1) is 16.9. The van der Waals surface area contributed by atoms with Gasteiger partial charge in [0, 0.05) is 18.0 Å². The largest absolute Gasteiger partial charge is 0.394 e. The zero-order valence-electron chi connectivity index (χ0n) is 11.9. The highest BCUT2D eigenvalue weighted by Crippen LogP contribution is 2.27. The number of sulfonamides is 1. The van der Waals surface area contributed by atoms with Crippen LogP contribution in [0.1, 0.15) is 17.7 Å². The lowest BCUT2D eigenvalue weighted by atomic mass is 10.1. The maximum atomic E-state index is 12.5.